The van der Waals surface area contributed by atoms with E-state index >= 15 is 0 Å². The highest BCUT2D eigenvalue weighted by atomic mass is 35.5. The lowest BCUT2D eigenvalue weighted by molar-refractivity contribution is -0.127. The van der Waals surface area contributed by atoms with Gasteiger partial charge in [-0.1, -0.05) is 20.8 Å². The monoisotopic (exact) mass is 410 g/mol. The molecule has 0 fully saturated rings. The molecule has 0 radical (unpaired) electrons. The molecule has 0 saturated heterocycles. The van der Waals surface area contributed by atoms with Crippen LogP contribution in [0.2, 0.25) is 0 Å². The zero-order valence-electron chi connectivity index (χ0n) is 15.9. The maximum Gasteiger partial charge on any atom is 0.233 e. The number of hydrogen-bond donors (Lipinski definition) is 3. The molecule has 2 aromatic rings. The van der Waals surface area contributed by atoms with Crippen molar-refractivity contribution in [3.05, 3.63) is 42.3 Å². The Morgan fingerprint density at radius 3 is 2.50 bits per heavy atom. The van der Waals surface area contributed by atoms with Gasteiger partial charge in [-0.3, -0.25) is 9.59 Å². The topological polar surface area (TPSA) is 106 Å². The van der Waals surface area contributed by atoms with Crippen LogP contribution in [0.15, 0.2) is 36.5 Å². The number of rotatable bonds is 6. The van der Waals surface area contributed by atoms with Gasteiger partial charge in [0.25, 0.3) is 0 Å². The molecule has 4 N–H and O–H groups in total. The first kappa shape index (κ1) is 23.2. The molecule has 0 unspecified atom stereocenters. The summed E-state index contributed by atoms with van der Waals surface area (Å²) in [5.41, 5.74) is 5.70. The normalized spacial score (nSPS) is 10.6. The summed E-state index contributed by atoms with van der Waals surface area (Å²) in [6.07, 6.45) is 1.11. The Labute approximate surface area is 169 Å². The number of hydrogen-bond acceptors (Lipinski definition) is 5. The number of halogens is 2. The Morgan fingerprint density at radius 2 is 1.89 bits per heavy atom. The van der Waals surface area contributed by atoms with Crippen LogP contribution in [-0.4, -0.2) is 23.3 Å². The van der Waals surface area contributed by atoms with Gasteiger partial charge in [0.05, 0.1) is 0 Å². The molecule has 0 aliphatic carbocycles. The quantitative estimate of drug-likeness (QED) is 0.632. The first-order valence-corrected chi connectivity index (χ1v) is 8.38. The highest BCUT2D eigenvalue weighted by Gasteiger charge is 2.15. The first-order valence-electron chi connectivity index (χ1n) is 8.38. The van der Waals surface area contributed by atoms with E-state index in [4.69, 9.17) is 10.5 Å². The highest BCUT2D eigenvalue weighted by Crippen LogP contribution is 2.27. The molecule has 0 aliphatic heterocycles. The number of nitrogens with one attached hydrogen (secondary N) is 2. The summed E-state index contributed by atoms with van der Waals surface area (Å²) in [4.78, 5) is 27.5. The highest BCUT2D eigenvalue weighted by molar-refractivity contribution is 6.03. The van der Waals surface area contributed by atoms with E-state index in [-0.39, 0.29) is 41.5 Å². The number of amides is 2. The van der Waals surface area contributed by atoms with Crippen LogP contribution in [0.25, 0.3) is 0 Å². The number of ether oxygens (including phenoxy) is 1. The molecular formula is C19H24ClFN4O3. The van der Waals surface area contributed by atoms with Crippen molar-refractivity contribution in [1.29, 1.82) is 0 Å². The SMILES string of the molecule is CC(C)(C)CNC(=O)CC(=O)Nc1ccc(Oc2ccnc(N)c2)c(F)c1.Cl. The Morgan fingerprint density at radius 1 is 1.18 bits per heavy atom. The molecule has 2 amide bonds. The van der Waals surface area contributed by atoms with Gasteiger partial charge in [0.2, 0.25) is 11.8 Å². The van der Waals surface area contributed by atoms with Gasteiger partial charge >= 0.3 is 0 Å². The van der Waals surface area contributed by atoms with Crippen molar-refractivity contribution < 1.29 is 18.7 Å². The second kappa shape index (κ2) is 9.89. The van der Waals surface area contributed by atoms with Crippen molar-refractivity contribution >= 4 is 35.7 Å². The first-order chi connectivity index (χ1) is 12.6. The summed E-state index contributed by atoms with van der Waals surface area (Å²) in [7, 11) is 0. The van der Waals surface area contributed by atoms with E-state index in [0.29, 0.717) is 12.3 Å². The molecule has 0 bridgehead atoms. The molecule has 152 valence electrons. The zero-order chi connectivity index (χ0) is 20.0. The number of carbonyl (C=O) groups excluding carboxylic acids is 2. The van der Waals surface area contributed by atoms with E-state index in [1.807, 2.05) is 20.8 Å². The number of anilines is 2. The molecule has 9 heteroatoms. The fourth-order valence-corrected chi connectivity index (χ4v) is 2.06. The third-order valence-electron chi connectivity index (χ3n) is 3.33. The van der Waals surface area contributed by atoms with Gasteiger partial charge in [0, 0.05) is 30.6 Å². The minimum atomic E-state index is -0.666. The Balaban J connectivity index is 0.00000392. The van der Waals surface area contributed by atoms with E-state index in [0.717, 1.165) is 6.07 Å². The van der Waals surface area contributed by atoms with Crippen molar-refractivity contribution in [1.82, 2.24) is 10.3 Å². The second-order valence-electron chi connectivity index (χ2n) is 7.23. The van der Waals surface area contributed by atoms with Gasteiger partial charge < -0.3 is 21.1 Å². The largest absolute Gasteiger partial charge is 0.454 e. The molecule has 0 aliphatic rings. The predicted molar refractivity (Wildman–Crippen MR) is 108 cm³/mol. The summed E-state index contributed by atoms with van der Waals surface area (Å²) in [6.45, 7) is 6.37. The van der Waals surface area contributed by atoms with Crippen LogP contribution in [0.1, 0.15) is 27.2 Å². The molecular weight excluding hydrogens is 387 g/mol. The number of aromatic nitrogens is 1. The predicted octanol–water partition coefficient (Wildman–Crippen LogP) is 3.51. The molecule has 0 atom stereocenters. The van der Waals surface area contributed by atoms with Crippen LogP contribution >= 0.6 is 12.4 Å². The number of nitrogens with two attached hydrogens (primary N) is 1. The average Bonchev–Trinajstić information content (AvgIpc) is 2.55. The molecule has 7 nitrogen and oxygen atoms in total. The zero-order valence-corrected chi connectivity index (χ0v) is 16.7. The van der Waals surface area contributed by atoms with E-state index in [9.17, 15) is 14.0 Å². The van der Waals surface area contributed by atoms with Crippen LogP contribution < -0.4 is 21.1 Å². The van der Waals surface area contributed by atoms with Crippen molar-refractivity contribution in [2.24, 2.45) is 5.41 Å². The van der Waals surface area contributed by atoms with Crippen LogP contribution in [0, 0.1) is 11.2 Å². The molecule has 28 heavy (non-hydrogen) atoms. The van der Waals surface area contributed by atoms with Crippen LogP contribution in [0.4, 0.5) is 15.9 Å². The van der Waals surface area contributed by atoms with E-state index in [2.05, 4.69) is 15.6 Å². The Hall–Kier alpha value is -2.87. The molecule has 1 aromatic heterocycles. The van der Waals surface area contributed by atoms with Gasteiger partial charge in [0.15, 0.2) is 11.6 Å². The molecule has 1 heterocycles. The van der Waals surface area contributed by atoms with Crippen LogP contribution in [0.3, 0.4) is 0 Å². The van der Waals surface area contributed by atoms with Crippen molar-refractivity contribution in [3.63, 3.8) is 0 Å². The van der Waals surface area contributed by atoms with Gasteiger partial charge in [-0.15, -0.1) is 12.4 Å². The summed E-state index contributed by atoms with van der Waals surface area (Å²) in [5.74, 6) is -1.02. The number of carbonyl (C=O) groups is 2. The molecule has 2 rings (SSSR count). The number of nitrogens with zero attached hydrogens (tertiary/aromatic N) is 1. The lowest BCUT2D eigenvalue weighted by Crippen LogP contribution is -2.34. The molecule has 0 spiro atoms. The minimum absolute atomic E-state index is 0. The maximum absolute atomic E-state index is 14.2. The van der Waals surface area contributed by atoms with Gasteiger partial charge in [-0.2, -0.15) is 0 Å². The van der Waals surface area contributed by atoms with Gasteiger partial charge in [0.1, 0.15) is 18.0 Å². The van der Waals surface area contributed by atoms with Crippen LogP contribution in [-0.2, 0) is 9.59 Å². The fraction of sp³-hybridized carbons (Fsp3) is 0.316. The smallest absolute Gasteiger partial charge is 0.233 e. The Bertz CT molecular complexity index is 840. The average molecular weight is 411 g/mol. The maximum atomic E-state index is 14.2. The van der Waals surface area contributed by atoms with E-state index in [1.54, 1.807) is 6.07 Å². The summed E-state index contributed by atoms with van der Waals surface area (Å²) in [6, 6.07) is 6.98. The minimum Gasteiger partial charge on any atom is -0.454 e. The molecule has 0 saturated carbocycles. The third-order valence-corrected chi connectivity index (χ3v) is 3.33. The lowest BCUT2D eigenvalue weighted by atomic mass is 9.97. The van der Waals surface area contributed by atoms with Gasteiger partial charge in [-0.25, -0.2) is 9.37 Å². The van der Waals surface area contributed by atoms with E-state index in [1.165, 1.54) is 24.4 Å². The molecule has 1 aromatic carbocycles. The summed E-state index contributed by atoms with van der Waals surface area (Å²) in [5, 5.41) is 5.17. The summed E-state index contributed by atoms with van der Waals surface area (Å²) < 4.78 is 19.6. The number of benzene rings is 1. The van der Waals surface area contributed by atoms with Crippen molar-refractivity contribution in [2.45, 2.75) is 27.2 Å². The van der Waals surface area contributed by atoms with Gasteiger partial charge in [-0.05, 0) is 23.6 Å². The standard InChI is InChI=1S/C19H23FN4O3.ClH/c1-19(2,3)11-23-17(25)10-18(26)24-12-4-5-15(14(20)8-12)27-13-6-7-22-16(21)9-13;/h4-9H,10-11H2,1-3H3,(H2,21,22)(H,23,25)(H,24,26);1H. The second-order valence-corrected chi connectivity index (χ2v) is 7.23. The fourth-order valence-electron chi connectivity index (χ4n) is 2.06. The lowest BCUT2D eigenvalue weighted by Gasteiger charge is -2.18. The van der Waals surface area contributed by atoms with Crippen LogP contribution in [0.5, 0.6) is 11.5 Å². The van der Waals surface area contributed by atoms with E-state index < -0.39 is 17.6 Å². The number of nitrogen functional groups attached to an aromatic ring is 1. The summed E-state index contributed by atoms with van der Waals surface area (Å²) >= 11 is 0. The van der Waals surface area contributed by atoms with Crippen molar-refractivity contribution in [2.75, 3.05) is 17.6 Å². The number of pyridine rings is 1. The Kier molecular flexibility index (Phi) is 8.18. The van der Waals surface area contributed by atoms with Crippen molar-refractivity contribution in [3.8, 4) is 11.5 Å². The third kappa shape index (κ3) is 7.79.